The van der Waals surface area contributed by atoms with Gasteiger partial charge in [-0.3, -0.25) is 5.10 Å². The smallest absolute Gasteiger partial charge is 0.153 e. The Morgan fingerprint density at radius 1 is 1.15 bits per heavy atom. The fourth-order valence-electron chi connectivity index (χ4n) is 3.18. The third kappa shape index (κ3) is 2.68. The summed E-state index contributed by atoms with van der Waals surface area (Å²) in [5.41, 5.74) is 9.37. The molecule has 1 fully saturated rings. The number of rotatable bonds is 2. The van der Waals surface area contributed by atoms with Crippen LogP contribution in [0, 0.1) is 0 Å². The van der Waals surface area contributed by atoms with E-state index in [4.69, 9.17) is 17.3 Å². The van der Waals surface area contributed by atoms with Crippen molar-refractivity contribution in [2.24, 2.45) is 0 Å². The molecule has 0 spiro atoms. The predicted octanol–water partition coefficient (Wildman–Crippen LogP) is 4.75. The van der Waals surface area contributed by atoms with E-state index in [2.05, 4.69) is 10.2 Å². The Morgan fingerprint density at radius 3 is 2.60 bits per heavy atom. The molecule has 2 aromatic rings. The summed E-state index contributed by atoms with van der Waals surface area (Å²) in [6.45, 7) is 0. The molecule has 4 heteroatoms. The molecule has 20 heavy (non-hydrogen) atoms. The molecular weight excluding hydrogens is 270 g/mol. The minimum atomic E-state index is 0.538. The number of H-pyrrole nitrogens is 1. The van der Waals surface area contributed by atoms with Gasteiger partial charge < -0.3 is 5.73 Å². The zero-order chi connectivity index (χ0) is 13.9. The second kappa shape index (κ2) is 5.88. The number of nitrogens with one attached hydrogen (secondary N) is 1. The molecule has 1 aliphatic carbocycles. The number of nitrogens with two attached hydrogens (primary N) is 1. The zero-order valence-electron chi connectivity index (χ0n) is 11.5. The normalized spacial score (nSPS) is 17.1. The van der Waals surface area contributed by atoms with E-state index in [9.17, 15) is 0 Å². The first kappa shape index (κ1) is 13.5. The van der Waals surface area contributed by atoms with E-state index in [0.29, 0.717) is 11.7 Å². The second-order valence-corrected chi connectivity index (χ2v) is 6.03. The van der Waals surface area contributed by atoms with Crippen LogP contribution in [0.1, 0.15) is 50.1 Å². The number of aromatic nitrogens is 2. The molecule has 0 aliphatic heterocycles. The fraction of sp³-hybridized carbons (Fsp3) is 0.438. The number of aromatic amines is 1. The van der Waals surface area contributed by atoms with Crippen molar-refractivity contribution in [1.29, 1.82) is 0 Å². The van der Waals surface area contributed by atoms with Gasteiger partial charge in [0.15, 0.2) is 5.82 Å². The van der Waals surface area contributed by atoms with Gasteiger partial charge in [0.05, 0.1) is 0 Å². The third-order valence-electron chi connectivity index (χ3n) is 4.20. The number of benzene rings is 1. The maximum atomic E-state index is 6.11. The first-order valence-corrected chi connectivity index (χ1v) is 7.73. The number of nitrogens with zero attached hydrogens (tertiary/aromatic N) is 1. The van der Waals surface area contributed by atoms with E-state index in [1.54, 1.807) is 0 Å². The van der Waals surface area contributed by atoms with Crippen LogP contribution in [-0.2, 0) is 0 Å². The molecule has 106 valence electrons. The van der Waals surface area contributed by atoms with Crippen molar-refractivity contribution >= 4 is 17.4 Å². The molecule has 1 aliphatic rings. The monoisotopic (exact) mass is 289 g/mol. The Balaban J connectivity index is 2.00. The van der Waals surface area contributed by atoms with Gasteiger partial charge in [-0.2, -0.15) is 5.10 Å². The lowest BCUT2D eigenvalue weighted by Gasteiger charge is -2.14. The Bertz CT molecular complexity index is 583. The maximum Gasteiger partial charge on any atom is 0.153 e. The summed E-state index contributed by atoms with van der Waals surface area (Å²) in [5, 5.41) is 8.14. The molecule has 0 unspecified atom stereocenters. The van der Waals surface area contributed by atoms with Crippen LogP contribution in [0.4, 0.5) is 5.82 Å². The van der Waals surface area contributed by atoms with E-state index in [-0.39, 0.29) is 0 Å². The van der Waals surface area contributed by atoms with Crippen LogP contribution in [0.25, 0.3) is 11.1 Å². The highest BCUT2D eigenvalue weighted by molar-refractivity contribution is 6.30. The minimum Gasteiger partial charge on any atom is -0.382 e. The molecule has 0 radical (unpaired) electrons. The molecule has 0 amide bonds. The first-order valence-electron chi connectivity index (χ1n) is 7.35. The Kier molecular flexibility index (Phi) is 3.97. The van der Waals surface area contributed by atoms with Crippen molar-refractivity contribution < 1.29 is 0 Å². The summed E-state index contributed by atoms with van der Waals surface area (Å²) in [4.78, 5) is 0. The number of halogens is 1. The summed E-state index contributed by atoms with van der Waals surface area (Å²) in [7, 11) is 0. The largest absolute Gasteiger partial charge is 0.382 e. The molecule has 0 saturated heterocycles. The highest BCUT2D eigenvalue weighted by atomic mass is 35.5. The second-order valence-electron chi connectivity index (χ2n) is 5.60. The predicted molar refractivity (Wildman–Crippen MR) is 83.9 cm³/mol. The number of anilines is 1. The van der Waals surface area contributed by atoms with Crippen molar-refractivity contribution in [3.63, 3.8) is 0 Å². The highest BCUT2D eigenvalue weighted by Crippen LogP contribution is 2.39. The number of nitrogen functional groups attached to an aromatic ring is 1. The Morgan fingerprint density at radius 2 is 1.90 bits per heavy atom. The quantitative estimate of drug-likeness (QED) is 0.784. The number of hydrogen-bond acceptors (Lipinski definition) is 2. The molecule has 1 saturated carbocycles. The average Bonchev–Trinajstić information content (AvgIpc) is 2.65. The molecule has 1 heterocycles. The van der Waals surface area contributed by atoms with Crippen LogP contribution in [-0.4, -0.2) is 10.2 Å². The van der Waals surface area contributed by atoms with Gasteiger partial charge in [0, 0.05) is 22.2 Å². The van der Waals surface area contributed by atoms with E-state index in [1.165, 1.54) is 44.2 Å². The van der Waals surface area contributed by atoms with Gasteiger partial charge in [0.1, 0.15) is 0 Å². The molecule has 3 nitrogen and oxygen atoms in total. The van der Waals surface area contributed by atoms with Crippen molar-refractivity contribution in [3.8, 4) is 11.1 Å². The van der Waals surface area contributed by atoms with Gasteiger partial charge in [-0.25, -0.2) is 0 Å². The van der Waals surface area contributed by atoms with Gasteiger partial charge >= 0.3 is 0 Å². The van der Waals surface area contributed by atoms with E-state index in [0.717, 1.165) is 16.1 Å². The summed E-state index contributed by atoms with van der Waals surface area (Å²) in [5.74, 6) is 1.11. The maximum absolute atomic E-state index is 6.11. The molecule has 0 bridgehead atoms. The van der Waals surface area contributed by atoms with E-state index < -0.39 is 0 Å². The van der Waals surface area contributed by atoms with Gasteiger partial charge in [-0.1, -0.05) is 49.4 Å². The van der Waals surface area contributed by atoms with Crippen LogP contribution >= 0.6 is 11.6 Å². The molecule has 1 aromatic heterocycles. The van der Waals surface area contributed by atoms with Crippen LogP contribution in [0.3, 0.4) is 0 Å². The van der Waals surface area contributed by atoms with Crippen LogP contribution in [0.2, 0.25) is 5.02 Å². The molecule has 1 aromatic carbocycles. The highest BCUT2D eigenvalue weighted by Gasteiger charge is 2.22. The van der Waals surface area contributed by atoms with Crippen molar-refractivity contribution in [3.05, 3.63) is 35.0 Å². The van der Waals surface area contributed by atoms with E-state index >= 15 is 0 Å². The average molecular weight is 290 g/mol. The topological polar surface area (TPSA) is 54.7 Å². The Labute approximate surface area is 124 Å². The molecule has 0 atom stereocenters. The van der Waals surface area contributed by atoms with Crippen molar-refractivity contribution in [1.82, 2.24) is 10.2 Å². The molecule has 3 rings (SSSR count). The lowest BCUT2D eigenvalue weighted by Crippen LogP contribution is -2.00. The lowest BCUT2D eigenvalue weighted by atomic mass is 9.91. The standard InChI is InChI=1S/C16H20ClN3/c17-13-9-5-8-12(10-13)14-15(19-20-16(14)18)11-6-3-1-2-4-7-11/h5,8-11H,1-4,6-7H2,(H3,18,19,20). The third-order valence-corrected chi connectivity index (χ3v) is 4.43. The van der Waals surface area contributed by atoms with Gasteiger partial charge in [-0.05, 0) is 30.5 Å². The Hall–Kier alpha value is -1.48. The first-order chi connectivity index (χ1) is 9.75. The van der Waals surface area contributed by atoms with Crippen LogP contribution in [0.5, 0.6) is 0 Å². The summed E-state index contributed by atoms with van der Waals surface area (Å²) >= 11 is 6.11. The number of hydrogen-bond donors (Lipinski definition) is 2. The zero-order valence-corrected chi connectivity index (χ0v) is 12.3. The van der Waals surface area contributed by atoms with Crippen molar-refractivity contribution in [2.75, 3.05) is 5.73 Å². The summed E-state index contributed by atoms with van der Waals surface area (Å²) < 4.78 is 0. The van der Waals surface area contributed by atoms with Gasteiger partial charge in [0.2, 0.25) is 0 Å². The van der Waals surface area contributed by atoms with Gasteiger partial charge in [0.25, 0.3) is 0 Å². The fourth-order valence-corrected chi connectivity index (χ4v) is 3.37. The minimum absolute atomic E-state index is 0.538. The van der Waals surface area contributed by atoms with Crippen LogP contribution in [0.15, 0.2) is 24.3 Å². The SMILES string of the molecule is Nc1n[nH]c(C2CCCCCC2)c1-c1cccc(Cl)c1. The van der Waals surface area contributed by atoms with Gasteiger partial charge in [-0.15, -0.1) is 0 Å². The van der Waals surface area contributed by atoms with E-state index in [1.807, 2.05) is 24.3 Å². The molecule has 3 N–H and O–H groups in total. The lowest BCUT2D eigenvalue weighted by molar-refractivity contribution is 0.577. The summed E-state index contributed by atoms with van der Waals surface area (Å²) in [6, 6.07) is 7.85. The summed E-state index contributed by atoms with van der Waals surface area (Å²) in [6.07, 6.45) is 7.70. The molecular formula is C16H20ClN3. The van der Waals surface area contributed by atoms with Crippen molar-refractivity contribution in [2.45, 2.75) is 44.4 Å². The van der Waals surface area contributed by atoms with Crippen LogP contribution < -0.4 is 5.73 Å².